The van der Waals surface area contributed by atoms with E-state index in [2.05, 4.69) is 39.4 Å². The molecule has 0 aliphatic carbocycles. The lowest BCUT2D eigenvalue weighted by Crippen LogP contribution is -2.35. The van der Waals surface area contributed by atoms with E-state index in [1.165, 1.54) is 29.4 Å². The van der Waals surface area contributed by atoms with Gasteiger partial charge in [0.05, 0.1) is 18.3 Å². The highest BCUT2D eigenvalue weighted by atomic mass is 16.6. The summed E-state index contributed by atoms with van der Waals surface area (Å²) < 4.78 is 10.5. The molecule has 1 aromatic heterocycles. The standard InChI is InChI=1S/C24H29N3O3/c1-2-29-24(28)17-30-22-7-3-5-20(13-22)16-27-10-4-6-19(15-27)11-18-8-9-23-21(12-18)14-25-26-23/h3,5,7-9,12-14,19H,2,4,6,10-11,15-17H2,1H3,(H,25,26). The van der Waals surface area contributed by atoms with Gasteiger partial charge in [0.25, 0.3) is 0 Å². The van der Waals surface area contributed by atoms with Gasteiger partial charge < -0.3 is 9.47 Å². The summed E-state index contributed by atoms with van der Waals surface area (Å²) in [6.07, 6.45) is 5.48. The Morgan fingerprint density at radius 1 is 1.23 bits per heavy atom. The summed E-state index contributed by atoms with van der Waals surface area (Å²) in [5, 5.41) is 8.31. The molecule has 1 atom stereocenters. The van der Waals surface area contributed by atoms with E-state index in [1.54, 1.807) is 6.92 Å². The fraction of sp³-hybridized carbons (Fsp3) is 0.417. The zero-order valence-electron chi connectivity index (χ0n) is 17.5. The molecule has 0 amide bonds. The van der Waals surface area contributed by atoms with E-state index < -0.39 is 0 Å². The topological polar surface area (TPSA) is 67.5 Å². The molecule has 0 radical (unpaired) electrons. The zero-order chi connectivity index (χ0) is 20.8. The molecule has 3 aromatic rings. The first-order valence-electron chi connectivity index (χ1n) is 10.7. The van der Waals surface area contributed by atoms with E-state index >= 15 is 0 Å². The quantitative estimate of drug-likeness (QED) is 0.573. The van der Waals surface area contributed by atoms with E-state index in [0.29, 0.717) is 18.3 Å². The van der Waals surface area contributed by atoms with Crippen LogP contribution in [0.1, 0.15) is 30.9 Å². The molecule has 6 nitrogen and oxygen atoms in total. The molecule has 2 heterocycles. The highest BCUT2D eigenvalue weighted by molar-refractivity contribution is 5.78. The predicted octanol–water partition coefficient (Wildman–Crippen LogP) is 3.96. The third-order valence-corrected chi connectivity index (χ3v) is 5.60. The lowest BCUT2D eigenvalue weighted by molar-refractivity contribution is -0.145. The number of hydrogen-bond acceptors (Lipinski definition) is 5. The molecule has 1 fully saturated rings. The zero-order valence-corrected chi connectivity index (χ0v) is 17.5. The van der Waals surface area contributed by atoms with Crippen molar-refractivity contribution in [1.29, 1.82) is 0 Å². The summed E-state index contributed by atoms with van der Waals surface area (Å²) in [5.41, 5.74) is 3.68. The Hall–Kier alpha value is -2.86. The number of aromatic amines is 1. The number of nitrogens with one attached hydrogen (secondary N) is 1. The van der Waals surface area contributed by atoms with Crippen molar-refractivity contribution in [2.75, 3.05) is 26.3 Å². The van der Waals surface area contributed by atoms with Crippen molar-refractivity contribution in [3.8, 4) is 5.75 Å². The second-order valence-electron chi connectivity index (χ2n) is 7.98. The molecule has 0 spiro atoms. The molecule has 1 saturated heterocycles. The van der Waals surface area contributed by atoms with Crippen LogP contribution in [-0.2, 0) is 22.5 Å². The fourth-order valence-corrected chi connectivity index (χ4v) is 4.25. The monoisotopic (exact) mass is 407 g/mol. The van der Waals surface area contributed by atoms with Crippen LogP contribution in [0.3, 0.4) is 0 Å². The van der Waals surface area contributed by atoms with Crippen molar-refractivity contribution in [2.24, 2.45) is 5.92 Å². The van der Waals surface area contributed by atoms with E-state index in [4.69, 9.17) is 9.47 Å². The first-order valence-corrected chi connectivity index (χ1v) is 10.7. The maximum atomic E-state index is 11.5. The van der Waals surface area contributed by atoms with Gasteiger partial charge in [0, 0.05) is 18.5 Å². The number of carbonyl (C=O) groups excluding carboxylic acids is 1. The van der Waals surface area contributed by atoms with Gasteiger partial charge >= 0.3 is 5.97 Å². The summed E-state index contributed by atoms with van der Waals surface area (Å²) in [7, 11) is 0. The molecule has 1 unspecified atom stereocenters. The molecule has 1 aliphatic rings. The Balaban J connectivity index is 1.32. The average molecular weight is 408 g/mol. The van der Waals surface area contributed by atoms with Gasteiger partial charge in [0.2, 0.25) is 0 Å². The first kappa shape index (κ1) is 20.4. The van der Waals surface area contributed by atoms with Crippen LogP contribution in [0.15, 0.2) is 48.7 Å². The van der Waals surface area contributed by atoms with Crippen LogP contribution in [-0.4, -0.2) is 47.4 Å². The van der Waals surface area contributed by atoms with E-state index in [0.717, 1.165) is 31.6 Å². The number of carbonyl (C=O) groups is 1. The van der Waals surface area contributed by atoms with Crippen LogP contribution >= 0.6 is 0 Å². The predicted molar refractivity (Wildman–Crippen MR) is 116 cm³/mol. The van der Waals surface area contributed by atoms with Crippen LogP contribution < -0.4 is 4.74 Å². The molecule has 30 heavy (non-hydrogen) atoms. The maximum absolute atomic E-state index is 11.5. The molecule has 6 heteroatoms. The minimum Gasteiger partial charge on any atom is -0.482 e. The second-order valence-corrected chi connectivity index (χ2v) is 7.98. The minimum absolute atomic E-state index is 0.0515. The van der Waals surface area contributed by atoms with Crippen LogP contribution in [0.5, 0.6) is 5.75 Å². The van der Waals surface area contributed by atoms with Crippen LogP contribution in [0.4, 0.5) is 0 Å². The van der Waals surface area contributed by atoms with E-state index in [-0.39, 0.29) is 12.6 Å². The molecular weight excluding hydrogens is 378 g/mol. The molecule has 4 rings (SSSR count). The summed E-state index contributed by atoms with van der Waals surface area (Å²) in [5.74, 6) is 1.03. The lowest BCUT2D eigenvalue weighted by Gasteiger charge is -2.33. The minimum atomic E-state index is -0.338. The van der Waals surface area contributed by atoms with Crippen LogP contribution in [0, 0.1) is 5.92 Å². The maximum Gasteiger partial charge on any atom is 0.344 e. The molecular formula is C24H29N3O3. The van der Waals surface area contributed by atoms with Gasteiger partial charge in [-0.3, -0.25) is 10.00 Å². The number of likely N-dealkylation sites (tertiary alicyclic amines) is 1. The van der Waals surface area contributed by atoms with Crippen molar-refractivity contribution < 1.29 is 14.3 Å². The lowest BCUT2D eigenvalue weighted by atomic mass is 9.90. The normalized spacial score (nSPS) is 17.2. The van der Waals surface area contributed by atoms with Gasteiger partial charge in [-0.25, -0.2) is 4.79 Å². The molecule has 1 N–H and O–H groups in total. The largest absolute Gasteiger partial charge is 0.482 e. The highest BCUT2D eigenvalue weighted by Gasteiger charge is 2.20. The molecule has 2 aromatic carbocycles. The molecule has 0 saturated carbocycles. The number of nitrogens with zero attached hydrogens (tertiary/aromatic N) is 2. The molecule has 0 bridgehead atoms. The van der Waals surface area contributed by atoms with E-state index in [9.17, 15) is 4.79 Å². The van der Waals surface area contributed by atoms with Crippen LogP contribution in [0.2, 0.25) is 0 Å². The Morgan fingerprint density at radius 2 is 2.17 bits per heavy atom. The SMILES string of the molecule is CCOC(=O)COc1cccc(CN2CCCC(Cc3ccc4[nH]ncc4c3)C2)c1. The number of fused-ring (bicyclic) bond motifs is 1. The molecule has 1 aliphatic heterocycles. The average Bonchev–Trinajstić information content (AvgIpc) is 3.21. The summed E-state index contributed by atoms with van der Waals surface area (Å²) in [6.45, 7) is 5.22. The smallest absolute Gasteiger partial charge is 0.344 e. The van der Waals surface area contributed by atoms with E-state index in [1.807, 2.05) is 24.4 Å². The summed E-state index contributed by atoms with van der Waals surface area (Å²) in [6, 6.07) is 14.6. The van der Waals surface area contributed by atoms with Crippen molar-refractivity contribution in [1.82, 2.24) is 15.1 Å². The van der Waals surface area contributed by atoms with Gasteiger partial charge in [-0.1, -0.05) is 18.2 Å². The number of H-pyrrole nitrogens is 1. The van der Waals surface area contributed by atoms with Crippen LogP contribution in [0.25, 0.3) is 10.9 Å². The Morgan fingerprint density at radius 3 is 3.07 bits per heavy atom. The Bertz CT molecular complexity index is 984. The number of aromatic nitrogens is 2. The number of hydrogen-bond donors (Lipinski definition) is 1. The number of rotatable bonds is 8. The third-order valence-electron chi connectivity index (χ3n) is 5.60. The number of ether oxygens (including phenoxy) is 2. The fourth-order valence-electron chi connectivity index (χ4n) is 4.25. The second kappa shape index (κ2) is 9.76. The van der Waals surface area contributed by atoms with Crippen molar-refractivity contribution in [3.05, 3.63) is 59.8 Å². The summed E-state index contributed by atoms with van der Waals surface area (Å²) in [4.78, 5) is 14.0. The Kier molecular flexibility index (Phi) is 6.64. The number of piperidine rings is 1. The third kappa shape index (κ3) is 5.39. The van der Waals surface area contributed by atoms with Gasteiger partial charge in [-0.2, -0.15) is 5.10 Å². The van der Waals surface area contributed by atoms with Gasteiger partial charge in [0.1, 0.15) is 5.75 Å². The summed E-state index contributed by atoms with van der Waals surface area (Å²) >= 11 is 0. The van der Waals surface area contributed by atoms with Gasteiger partial charge in [0.15, 0.2) is 6.61 Å². The van der Waals surface area contributed by atoms with Gasteiger partial charge in [-0.05, 0) is 74.0 Å². The first-order chi connectivity index (χ1) is 14.7. The number of benzene rings is 2. The van der Waals surface area contributed by atoms with Crippen molar-refractivity contribution >= 4 is 16.9 Å². The highest BCUT2D eigenvalue weighted by Crippen LogP contribution is 2.24. The number of esters is 1. The Labute approximate surface area is 177 Å². The molecule has 158 valence electrons. The van der Waals surface area contributed by atoms with Crippen molar-refractivity contribution in [3.63, 3.8) is 0 Å². The van der Waals surface area contributed by atoms with Gasteiger partial charge in [-0.15, -0.1) is 0 Å². The van der Waals surface area contributed by atoms with Crippen molar-refractivity contribution in [2.45, 2.75) is 32.7 Å².